The Kier molecular flexibility index (Phi) is 4.62. The first kappa shape index (κ1) is 17.6. The monoisotopic (exact) mass is 383 g/mol. The molecular formula is C17H19Cl2N3OS. The van der Waals surface area contributed by atoms with Gasteiger partial charge in [-0.15, -0.1) is 11.8 Å². The average molecular weight is 384 g/mol. The highest BCUT2D eigenvalue weighted by atomic mass is 35.5. The fourth-order valence-corrected chi connectivity index (χ4v) is 5.39. The summed E-state index contributed by atoms with van der Waals surface area (Å²) in [6.45, 7) is 6.85. The van der Waals surface area contributed by atoms with Gasteiger partial charge in [-0.2, -0.15) is 5.10 Å². The first-order chi connectivity index (χ1) is 11.2. The van der Waals surface area contributed by atoms with E-state index < -0.39 is 0 Å². The van der Waals surface area contributed by atoms with Crippen LogP contribution in [0.15, 0.2) is 18.2 Å². The zero-order valence-corrected chi connectivity index (χ0v) is 16.3. The Balaban J connectivity index is 2.25. The Morgan fingerprint density at radius 3 is 2.71 bits per heavy atom. The molecule has 3 rings (SSSR count). The predicted octanol–water partition coefficient (Wildman–Crippen LogP) is 4.61. The number of hydrogen-bond donors (Lipinski definition) is 0. The van der Waals surface area contributed by atoms with E-state index in [-0.39, 0.29) is 10.00 Å². The van der Waals surface area contributed by atoms with Crippen molar-refractivity contribution in [1.29, 1.82) is 0 Å². The number of amides is 1. The second-order valence-electron chi connectivity index (χ2n) is 6.60. The Labute approximate surface area is 156 Å². The molecule has 1 aromatic heterocycles. The molecule has 1 atom stereocenters. The van der Waals surface area contributed by atoms with Crippen LogP contribution in [-0.2, 0) is 11.8 Å². The van der Waals surface area contributed by atoms with E-state index >= 15 is 0 Å². The number of carbonyl (C=O) groups excluding carboxylic acids is 1. The van der Waals surface area contributed by atoms with Crippen molar-refractivity contribution in [2.75, 3.05) is 11.4 Å². The first-order valence-electron chi connectivity index (χ1n) is 7.61. The molecule has 0 bridgehead atoms. The molecule has 0 saturated carbocycles. The van der Waals surface area contributed by atoms with E-state index in [1.165, 1.54) is 0 Å². The summed E-state index contributed by atoms with van der Waals surface area (Å²) in [7, 11) is 1.87. The predicted molar refractivity (Wildman–Crippen MR) is 101 cm³/mol. The minimum absolute atomic E-state index is 0.0154. The third-order valence-corrected chi connectivity index (χ3v) is 6.19. The molecule has 1 aliphatic rings. The molecule has 0 aliphatic carbocycles. The highest BCUT2D eigenvalue weighted by Gasteiger charge is 2.38. The van der Waals surface area contributed by atoms with Gasteiger partial charge in [0.05, 0.1) is 10.9 Å². The molecule has 1 aromatic carbocycles. The van der Waals surface area contributed by atoms with E-state index in [4.69, 9.17) is 23.2 Å². The Morgan fingerprint density at radius 1 is 1.38 bits per heavy atom. The molecule has 1 unspecified atom stereocenters. The molecule has 7 heteroatoms. The van der Waals surface area contributed by atoms with Gasteiger partial charge in [0.15, 0.2) is 0 Å². The highest BCUT2D eigenvalue weighted by molar-refractivity contribution is 8.01. The Bertz CT molecular complexity index is 803. The molecule has 1 aliphatic heterocycles. The maximum Gasteiger partial charge on any atom is 0.215 e. The van der Waals surface area contributed by atoms with Crippen LogP contribution in [0.3, 0.4) is 0 Å². The van der Waals surface area contributed by atoms with Crippen molar-refractivity contribution < 1.29 is 4.79 Å². The second-order valence-corrected chi connectivity index (χ2v) is 9.26. The summed E-state index contributed by atoms with van der Waals surface area (Å²) in [5, 5.41) is 5.76. The third-order valence-electron chi connectivity index (χ3n) is 4.13. The number of anilines is 1. The van der Waals surface area contributed by atoms with E-state index in [1.54, 1.807) is 27.4 Å². The quantitative estimate of drug-likeness (QED) is 0.710. The zero-order chi connectivity index (χ0) is 17.6. The van der Waals surface area contributed by atoms with Gasteiger partial charge in [-0.25, -0.2) is 0 Å². The van der Waals surface area contributed by atoms with Crippen molar-refractivity contribution >= 4 is 47.2 Å². The van der Waals surface area contributed by atoms with Crippen molar-refractivity contribution in [1.82, 2.24) is 9.78 Å². The Morgan fingerprint density at radius 2 is 2.08 bits per heavy atom. The van der Waals surface area contributed by atoms with Crippen LogP contribution in [0.25, 0.3) is 0 Å². The minimum atomic E-state index is -0.139. The number of fused-ring (bicyclic) bond motifs is 1. The van der Waals surface area contributed by atoms with Gasteiger partial charge >= 0.3 is 0 Å². The fourth-order valence-electron chi connectivity index (χ4n) is 3.23. The summed E-state index contributed by atoms with van der Waals surface area (Å²) >= 11 is 14.4. The smallest absolute Gasteiger partial charge is 0.215 e. The molecule has 0 fully saturated rings. The van der Waals surface area contributed by atoms with Gasteiger partial charge in [-0.05, 0) is 38.5 Å². The van der Waals surface area contributed by atoms with Gasteiger partial charge in [0.1, 0.15) is 5.82 Å². The van der Waals surface area contributed by atoms with Gasteiger partial charge in [0, 0.05) is 33.9 Å². The van der Waals surface area contributed by atoms with Crippen LogP contribution in [0.4, 0.5) is 5.82 Å². The van der Waals surface area contributed by atoms with Crippen molar-refractivity contribution in [3.63, 3.8) is 0 Å². The normalized spacial score (nSPS) is 19.8. The molecular weight excluding hydrogens is 365 g/mol. The lowest BCUT2D eigenvalue weighted by atomic mass is 10.0. The standard InChI is InChI=1S/C17H19Cl2N3OS/c1-10-14-15(12-6-5-11(18)7-13(12)19)24-17(2,3)8-22(9-23)16(14)21(4)20-10/h5-7,9,15H,8H2,1-4H3. The minimum Gasteiger partial charge on any atom is -0.298 e. The summed E-state index contributed by atoms with van der Waals surface area (Å²) < 4.78 is 1.64. The van der Waals surface area contributed by atoms with E-state index in [1.807, 2.05) is 26.1 Å². The van der Waals surface area contributed by atoms with Crippen LogP contribution < -0.4 is 4.90 Å². The topological polar surface area (TPSA) is 38.1 Å². The molecule has 0 N–H and O–H groups in total. The summed E-state index contributed by atoms with van der Waals surface area (Å²) in [6, 6.07) is 5.58. The third kappa shape index (κ3) is 3.05. The van der Waals surface area contributed by atoms with Crippen molar-refractivity contribution in [3.05, 3.63) is 45.1 Å². The second kappa shape index (κ2) is 6.28. The molecule has 24 heavy (non-hydrogen) atoms. The van der Waals surface area contributed by atoms with Gasteiger partial charge in [-0.3, -0.25) is 14.4 Å². The van der Waals surface area contributed by atoms with Gasteiger partial charge in [0.25, 0.3) is 0 Å². The van der Waals surface area contributed by atoms with Crippen molar-refractivity contribution in [2.24, 2.45) is 7.05 Å². The SMILES string of the molecule is Cc1nn(C)c2c1C(c1ccc(Cl)cc1Cl)SC(C)(C)CN2C=O. The summed E-state index contributed by atoms with van der Waals surface area (Å²) in [5.41, 5.74) is 2.93. The van der Waals surface area contributed by atoms with Crippen LogP contribution in [0, 0.1) is 6.92 Å². The molecule has 0 radical (unpaired) electrons. The van der Waals surface area contributed by atoms with Crippen LogP contribution in [-0.4, -0.2) is 27.5 Å². The number of nitrogens with zero attached hydrogens (tertiary/aromatic N) is 3. The first-order valence-corrected chi connectivity index (χ1v) is 9.25. The van der Waals surface area contributed by atoms with Crippen LogP contribution >= 0.6 is 35.0 Å². The maximum atomic E-state index is 11.7. The van der Waals surface area contributed by atoms with Crippen LogP contribution in [0.5, 0.6) is 0 Å². The lowest BCUT2D eigenvalue weighted by Gasteiger charge is -2.28. The zero-order valence-electron chi connectivity index (χ0n) is 14.0. The number of aromatic nitrogens is 2. The van der Waals surface area contributed by atoms with E-state index in [9.17, 15) is 4.79 Å². The van der Waals surface area contributed by atoms with Gasteiger partial charge in [-0.1, -0.05) is 29.3 Å². The van der Waals surface area contributed by atoms with Gasteiger partial charge < -0.3 is 0 Å². The Hall–Kier alpha value is -1.17. The van der Waals surface area contributed by atoms with Crippen LogP contribution in [0.1, 0.15) is 35.9 Å². The molecule has 2 heterocycles. The summed E-state index contributed by atoms with van der Waals surface area (Å²) in [5.74, 6) is 0.830. The lowest BCUT2D eigenvalue weighted by molar-refractivity contribution is -0.107. The van der Waals surface area contributed by atoms with E-state index in [0.717, 1.165) is 29.0 Å². The highest BCUT2D eigenvalue weighted by Crippen LogP contribution is 2.51. The van der Waals surface area contributed by atoms with Crippen LogP contribution in [0.2, 0.25) is 10.0 Å². The molecule has 1 amide bonds. The molecule has 4 nitrogen and oxygen atoms in total. The number of thioether (sulfide) groups is 1. The molecule has 0 saturated heterocycles. The average Bonchev–Trinajstić information content (AvgIpc) is 2.69. The lowest BCUT2D eigenvalue weighted by Crippen LogP contribution is -2.35. The van der Waals surface area contributed by atoms with Gasteiger partial charge in [0.2, 0.25) is 6.41 Å². The number of rotatable bonds is 2. The van der Waals surface area contributed by atoms with Crippen molar-refractivity contribution in [3.8, 4) is 0 Å². The number of halogens is 2. The number of carbonyl (C=O) groups is 1. The van der Waals surface area contributed by atoms with Crippen molar-refractivity contribution in [2.45, 2.75) is 30.8 Å². The van der Waals surface area contributed by atoms with E-state index in [0.29, 0.717) is 16.6 Å². The maximum absolute atomic E-state index is 11.7. The summed E-state index contributed by atoms with van der Waals surface area (Å²) in [6.07, 6.45) is 0.883. The largest absolute Gasteiger partial charge is 0.298 e. The number of hydrogen-bond acceptors (Lipinski definition) is 3. The molecule has 0 spiro atoms. The molecule has 2 aromatic rings. The van der Waals surface area contributed by atoms with E-state index in [2.05, 4.69) is 18.9 Å². The molecule has 128 valence electrons. The fraction of sp³-hybridized carbons (Fsp3) is 0.412. The number of aryl methyl sites for hydroxylation is 2. The summed E-state index contributed by atoms with van der Waals surface area (Å²) in [4.78, 5) is 13.5. The number of benzene rings is 1.